The molecule has 2 aliphatic rings. The van der Waals surface area contributed by atoms with Crippen LogP contribution in [0.15, 0.2) is 48.5 Å². The van der Waals surface area contributed by atoms with Crippen molar-refractivity contribution in [3.63, 3.8) is 0 Å². The van der Waals surface area contributed by atoms with Crippen LogP contribution in [0.25, 0.3) is 0 Å². The van der Waals surface area contributed by atoms with Gasteiger partial charge in [-0.3, -0.25) is 9.90 Å². The summed E-state index contributed by atoms with van der Waals surface area (Å²) >= 11 is 0. The fourth-order valence-corrected chi connectivity index (χ4v) is 3.45. The Labute approximate surface area is 124 Å². The summed E-state index contributed by atoms with van der Waals surface area (Å²) in [5.41, 5.74) is 3.48. The number of hydrogen-bond acceptors (Lipinski definition) is 2. The van der Waals surface area contributed by atoms with Gasteiger partial charge in [-0.25, -0.2) is 4.39 Å². The first-order valence-corrected chi connectivity index (χ1v) is 7.58. The van der Waals surface area contributed by atoms with Crippen LogP contribution in [0.5, 0.6) is 0 Å². The number of rotatable bonds is 3. The van der Waals surface area contributed by atoms with E-state index >= 15 is 0 Å². The molecule has 2 unspecified atom stereocenters. The Kier molecular flexibility index (Phi) is 3.15. The van der Waals surface area contributed by atoms with Gasteiger partial charge in [0.1, 0.15) is 5.82 Å². The number of aryl methyl sites for hydroxylation is 1. The lowest BCUT2D eigenvalue weighted by atomic mass is 10.0. The number of hydroxylamine groups is 1. The van der Waals surface area contributed by atoms with Gasteiger partial charge < -0.3 is 0 Å². The Morgan fingerprint density at radius 2 is 2.00 bits per heavy atom. The van der Waals surface area contributed by atoms with E-state index in [4.69, 9.17) is 4.84 Å². The van der Waals surface area contributed by atoms with E-state index in [2.05, 4.69) is 24.3 Å². The predicted molar refractivity (Wildman–Crippen MR) is 80.6 cm³/mol. The summed E-state index contributed by atoms with van der Waals surface area (Å²) in [5, 5.41) is 2.02. The third-order valence-corrected chi connectivity index (χ3v) is 4.46. The first-order chi connectivity index (χ1) is 10.3. The molecule has 1 saturated heterocycles. The summed E-state index contributed by atoms with van der Waals surface area (Å²) in [6.07, 6.45) is 4.18. The number of halogens is 1. The van der Waals surface area contributed by atoms with Gasteiger partial charge in [-0.1, -0.05) is 30.3 Å². The summed E-state index contributed by atoms with van der Waals surface area (Å²) in [4.78, 5) is 5.98. The molecule has 0 radical (unpaired) electrons. The predicted octanol–water partition coefficient (Wildman–Crippen LogP) is 3.89. The number of benzene rings is 2. The molecule has 2 aliphatic heterocycles. The standard InChI is InChI=1S/C18H18FNO/c19-15-7-9-18-14(10-15)11-17-12-16(20(18)21-17)8-6-13-4-2-1-3-5-13/h1-5,7,9-10,16-17H,6,8,11-12H2. The van der Waals surface area contributed by atoms with Crippen molar-refractivity contribution < 1.29 is 9.23 Å². The summed E-state index contributed by atoms with van der Waals surface area (Å²) in [6, 6.07) is 16.0. The molecule has 2 aromatic carbocycles. The van der Waals surface area contributed by atoms with Crippen molar-refractivity contribution in [3.05, 3.63) is 65.5 Å². The molecule has 108 valence electrons. The molecular weight excluding hydrogens is 265 g/mol. The van der Waals surface area contributed by atoms with Crippen molar-refractivity contribution in [3.8, 4) is 0 Å². The average Bonchev–Trinajstić information content (AvgIpc) is 2.83. The van der Waals surface area contributed by atoms with Crippen molar-refractivity contribution in [2.75, 3.05) is 5.06 Å². The average molecular weight is 283 g/mol. The lowest BCUT2D eigenvalue weighted by Crippen LogP contribution is -2.31. The topological polar surface area (TPSA) is 12.5 Å². The molecule has 3 heteroatoms. The van der Waals surface area contributed by atoms with Gasteiger partial charge in [-0.2, -0.15) is 0 Å². The van der Waals surface area contributed by atoms with Gasteiger partial charge in [0.25, 0.3) is 0 Å². The molecule has 0 aromatic heterocycles. The van der Waals surface area contributed by atoms with Crippen LogP contribution >= 0.6 is 0 Å². The van der Waals surface area contributed by atoms with Crippen LogP contribution in [0, 0.1) is 5.82 Å². The molecule has 0 saturated carbocycles. The second-order valence-corrected chi connectivity index (χ2v) is 5.94. The van der Waals surface area contributed by atoms with Crippen LogP contribution in [0.2, 0.25) is 0 Å². The highest BCUT2D eigenvalue weighted by Gasteiger charge is 2.38. The van der Waals surface area contributed by atoms with Crippen molar-refractivity contribution in [2.45, 2.75) is 37.8 Å². The summed E-state index contributed by atoms with van der Waals surface area (Å²) in [7, 11) is 0. The van der Waals surface area contributed by atoms with Gasteiger partial charge >= 0.3 is 0 Å². The van der Waals surface area contributed by atoms with Crippen molar-refractivity contribution in [1.82, 2.24) is 0 Å². The molecule has 0 amide bonds. The van der Waals surface area contributed by atoms with Gasteiger partial charge in [0.05, 0.1) is 17.8 Å². The minimum absolute atomic E-state index is 0.155. The Hall–Kier alpha value is -1.87. The van der Waals surface area contributed by atoms with Crippen molar-refractivity contribution >= 4 is 5.69 Å². The second-order valence-electron chi connectivity index (χ2n) is 5.94. The van der Waals surface area contributed by atoms with Crippen LogP contribution < -0.4 is 5.06 Å². The van der Waals surface area contributed by atoms with Gasteiger partial charge in [-0.05, 0) is 48.6 Å². The number of nitrogens with zero attached hydrogens (tertiary/aromatic N) is 1. The van der Waals surface area contributed by atoms with E-state index < -0.39 is 0 Å². The van der Waals surface area contributed by atoms with Crippen molar-refractivity contribution in [2.24, 2.45) is 0 Å². The Bertz CT molecular complexity index is 643. The van der Waals surface area contributed by atoms with E-state index in [0.29, 0.717) is 6.04 Å². The first-order valence-electron chi connectivity index (χ1n) is 7.58. The fraction of sp³-hybridized carbons (Fsp3) is 0.333. The molecule has 2 heterocycles. The second kappa shape index (κ2) is 5.15. The molecule has 21 heavy (non-hydrogen) atoms. The largest absolute Gasteiger partial charge is 0.269 e. The van der Waals surface area contributed by atoms with Gasteiger partial charge in [0, 0.05) is 6.42 Å². The lowest BCUT2D eigenvalue weighted by molar-refractivity contribution is 0.0729. The van der Waals surface area contributed by atoms with E-state index in [1.807, 2.05) is 17.2 Å². The Morgan fingerprint density at radius 1 is 1.14 bits per heavy atom. The summed E-state index contributed by atoms with van der Waals surface area (Å²) in [5.74, 6) is -0.155. The summed E-state index contributed by atoms with van der Waals surface area (Å²) in [6.45, 7) is 0. The monoisotopic (exact) mass is 283 g/mol. The zero-order valence-corrected chi connectivity index (χ0v) is 11.8. The maximum atomic E-state index is 13.4. The molecule has 2 atom stereocenters. The van der Waals surface area contributed by atoms with E-state index in [9.17, 15) is 4.39 Å². The normalized spacial score (nSPS) is 23.2. The molecule has 0 N–H and O–H groups in total. The highest BCUT2D eigenvalue weighted by molar-refractivity contribution is 5.55. The zero-order chi connectivity index (χ0) is 14.2. The summed E-state index contributed by atoms with van der Waals surface area (Å²) < 4.78 is 13.4. The van der Waals surface area contributed by atoms with Crippen LogP contribution in [-0.4, -0.2) is 12.1 Å². The third-order valence-electron chi connectivity index (χ3n) is 4.46. The van der Waals surface area contributed by atoms with Crippen LogP contribution in [0.4, 0.5) is 10.1 Å². The van der Waals surface area contributed by atoms with Gasteiger partial charge in [-0.15, -0.1) is 0 Å². The van der Waals surface area contributed by atoms with E-state index in [1.54, 1.807) is 6.07 Å². The maximum Gasteiger partial charge on any atom is 0.123 e. The zero-order valence-electron chi connectivity index (χ0n) is 11.8. The molecule has 1 fully saturated rings. The van der Waals surface area contributed by atoms with E-state index in [-0.39, 0.29) is 11.9 Å². The fourth-order valence-electron chi connectivity index (χ4n) is 3.45. The minimum atomic E-state index is -0.155. The molecular formula is C18H18FNO. The van der Waals surface area contributed by atoms with E-state index in [1.165, 1.54) is 11.6 Å². The highest BCUT2D eigenvalue weighted by Crippen LogP contribution is 2.39. The highest BCUT2D eigenvalue weighted by atomic mass is 19.1. The van der Waals surface area contributed by atoms with Crippen LogP contribution in [0.3, 0.4) is 0 Å². The molecule has 0 aliphatic carbocycles. The minimum Gasteiger partial charge on any atom is -0.269 e. The quantitative estimate of drug-likeness (QED) is 0.847. The third kappa shape index (κ3) is 2.42. The Morgan fingerprint density at radius 3 is 2.86 bits per heavy atom. The molecule has 2 bridgehead atoms. The maximum absolute atomic E-state index is 13.4. The van der Waals surface area contributed by atoms with Gasteiger partial charge in [0.2, 0.25) is 0 Å². The molecule has 4 rings (SSSR count). The van der Waals surface area contributed by atoms with Gasteiger partial charge in [0.15, 0.2) is 0 Å². The Balaban J connectivity index is 1.52. The van der Waals surface area contributed by atoms with E-state index in [0.717, 1.165) is 36.9 Å². The smallest absolute Gasteiger partial charge is 0.123 e. The SMILES string of the molecule is Fc1ccc2c(c1)CC1CC(CCc3ccccc3)N2O1. The van der Waals surface area contributed by atoms with Crippen LogP contribution in [-0.2, 0) is 17.7 Å². The van der Waals surface area contributed by atoms with Crippen molar-refractivity contribution in [1.29, 1.82) is 0 Å². The molecule has 2 aromatic rings. The lowest BCUT2D eigenvalue weighted by Gasteiger charge is -2.30. The first kappa shape index (κ1) is 12.8. The van der Waals surface area contributed by atoms with Crippen LogP contribution in [0.1, 0.15) is 24.0 Å². The number of anilines is 1. The molecule has 2 nitrogen and oxygen atoms in total. The molecule has 0 spiro atoms. The number of fused-ring (bicyclic) bond motifs is 4. The number of hydrogen-bond donors (Lipinski definition) is 0.